The fourth-order valence-corrected chi connectivity index (χ4v) is 1.81. The number of nitrogens with zero attached hydrogens (tertiary/aromatic N) is 5. The average molecular weight is 274 g/mol. The summed E-state index contributed by atoms with van der Waals surface area (Å²) in [4.78, 5) is 8.40. The number of aromatic amines is 1. The number of aliphatic hydroxyl groups is 1. The molecule has 7 nitrogen and oxygen atoms in total. The molecular formula is C13H18N6O. The van der Waals surface area contributed by atoms with Crippen LogP contribution in [0.25, 0.3) is 22.4 Å². The lowest BCUT2D eigenvalue weighted by molar-refractivity contribution is 0.269. The standard InChI is InChI=1S/C11H12N6O.C2H6/c1-7-12-6-8-10(14-15-11(8)13-7)9-2-3-17(16-9)4-5-18;1-2/h2-3,6,18H,4-5H2,1H3,(H,12,13,14,15);1-2H3. The van der Waals surface area contributed by atoms with Crippen molar-refractivity contribution in [1.29, 1.82) is 0 Å². The highest BCUT2D eigenvalue weighted by Crippen LogP contribution is 2.22. The third-order valence-corrected chi connectivity index (χ3v) is 2.66. The molecule has 7 heteroatoms. The van der Waals surface area contributed by atoms with E-state index in [0.29, 0.717) is 18.0 Å². The van der Waals surface area contributed by atoms with E-state index in [9.17, 15) is 0 Å². The van der Waals surface area contributed by atoms with Crippen molar-refractivity contribution in [2.45, 2.75) is 27.3 Å². The van der Waals surface area contributed by atoms with Crippen molar-refractivity contribution in [3.8, 4) is 11.4 Å². The van der Waals surface area contributed by atoms with E-state index >= 15 is 0 Å². The molecule has 0 amide bonds. The first kappa shape index (κ1) is 14.1. The first-order chi connectivity index (χ1) is 9.78. The van der Waals surface area contributed by atoms with Gasteiger partial charge >= 0.3 is 0 Å². The lowest BCUT2D eigenvalue weighted by Gasteiger charge is -1.96. The van der Waals surface area contributed by atoms with E-state index in [1.165, 1.54) is 0 Å². The van der Waals surface area contributed by atoms with Crippen molar-refractivity contribution in [1.82, 2.24) is 29.9 Å². The van der Waals surface area contributed by atoms with E-state index < -0.39 is 0 Å². The maximum atomic E-state index is 8.86. The van der Waals surface area contributed by atoms with E-state index in [1.807, 2.05) is 33.0 Å². The Balaban J connectivity index is 0.000000704. The molecule has 0 aliphatic heterocycles. The van der Waals surface area contributed by atoms with Crippen molar-refractivity contribution in [2.75, 3.05) is 6.61 Å². The Hall–Kier alpha value is -2.28. The van der Waals surface area contributed by atoms with Crippen LogP contribution in [0.1, 0.15) is 19.7 Å². The summed E-state index contributed by atoms with van der Waals surface area (Å²) in [5, 5.41) is 21.1. The van der Waals surface area contributed by atoms with Crippen LogP contribution in [-0.4, -0.2) is 41.7 Å². The number of aromatic nitrogens is 6. The molecule has 0 radical (unpaired) electrons. The summed E-state index contributed by atoms with van der Waals surface area (Å²) < 4.78 is 1.68. The van der Waals surface area contributed by atoms with Gasteiger partial charge in [-0.25, -0.2) is 9.97 Å². The molecular weight excluding hydrogens is 256 g/mol. The number of nitrogens with one attached hydrogen (secondary N) is 1. The first-order valence-corrected chi connectivity index (χ1v) is 6.60. The molecule has 0 aliphatic rings. The number of hydrogen-bond donors (Lipinski definition) is 2. The maximum absolute atomic E-state index is 8.86. The van der Waals surface area contributed by atoms with Crippen LogP contribution in [0.15, 0.2) is 18.5 Å². The first-order valence-electron chi connectivity index (χ1n) is 6.60. The summed E-state index contributed by atoms with van der Waals surface area (Å²) in [5.41, 5.74) is 2.19. The predicted molar refractivity (Wildman–Crippen MR) is 76.1 cm³/mol. The van der Waals surface area contributed by atoms with Crippen LogP contribution in [0, 0.1) is 6.92 Å². The van der Waals surface area contributed by atoms with Gasteiger partial charge in [0.15, 0.2) is 5.65 Å². The fourth-order valence-electron chi connectivity index (χ4n) is 1.81. The average Bonchev–Trinajstić information content (AvgIpc) is 3.07. The van der Waals surface area contributed by atoms with Crippen molar-refractivity contribution in [3.05, 3.63) is 24.3 Å². The fraction of sp³-hybridized carbons (Fsp3) is 0.385. The molecule has 0 unspecified atom stereocenters. The molecule has 3 aromatic heterocycles. The maximum Gasteiger partial charge on any atom is 0.184 e. The molecule has 2 N–H and O–H groups in total. The van der Waals surface area contributed by atoms with Gasteiger partial charge in [-0.05, 0) is 13.0 Å². The summed E-state index contributed by atoms with van der Waals surface area (Å²) in [5.74, 6) is 0.686. The van der Waals surface area contributed by atoms with Gasteiger partial charge in [0.25, 0.3) is 0 Å². The zero-order valence-corrected chi connectivity index (χ0v) is 11.8. The summed E-state index contributed by atoms with van der Waals surface area (Å²) in [6.45, 7) is 6.36. The van der Waals surface area contributed by atoms with Gasteiger partial charge in [0.2, 0.25) is 0 Å². The van der Waals surface area contributed by atoms with Gasteiger partial charge < -0.3 is 5.11 Å². The Morgan fingerprint density at radius 2 is 2.15 bits per heavy atom. The van der Waals surface area contributed by atoms with Crippen LogP contribution >= 0.6 is 0 Å². The minimum Gasteiger partial charge on any atom is -0.394 e. The number of rotatable bonds is 3. The molecule has 3 aromatic rings. The number of H-pyrrole nitrogens is 1. The van der Waals surface area contributed by atoms with Crippen molar-refractivity contribution in [2.24, 2.45) is 0 Å². The van der Waals surface area contributed by atoms with Crippen molar-refractivity contribution < 1.29 is 5.11 Å². The number of aliphatic hydroxyl groups excluding tert-OH is 1. The predicted octanol–water partition coefficient (Wildman–Crippen LogP) is 1.54. The van der Waals surface area contributed by atoms with Gasteiger partial charge in [0, 0.05) is 12.4 Å². The Bertz CT molecular complexity index is 687. The zero-order chi connectivity index (χ0) is 14.5. The van der Waals surface area contributed by atoms with Crippen LogP contribution in [0.4, 0.5) is 0 Å². The molecule has 0 fully saturated rings. The Morgan fingerprint density at radius 3 is 2.90 bits per heavy atom. The Labute approximate surface area is 116 Å². The monoisotopic (exact) mass is 274 g/mol. The van der Waals surface area contributed by atoms with E-state index in [0.717, 1.165) is 16.8 Å². The highest BCUT2D eigenvalue weighted by molar-refractivity contribution is 5.88. The van der Waals surface area contributed by atoms with E-state index in [-0.39, 0.29) is 6.61 Å². The molecule has 0 aromatic carbocycles. The minimum absolute atomic E-state index is 0.0626. The third kappa shape index (κ3) is 2.67. The second kappa shape index (κ2) is 6.25. The molecule has 0 bridgehead atoms. The van der Waals surface area contributed by atoms with Gasteiger partial charge in [-0.3, -0.25) is 9.78 Å². The third-order valence-electron chi connectivity index (χ3n) is 2.66. The van der Waals surface area contributed by atoms with E-state index in [1.54, 1.807) is 10.9 Å². The quantitative estimate of drug-likeness (QED) is 0.755. The Morgan fingerprint density at radius 1 is 1.35 bits per heavy atom. The van der Waals surface area contributed by atoms with Crippen LogP contribution < -0.4 is 0 Å². The molecule has 3 rings (SSSR count). The van der Waals surface area contributed by atoms with Crippen LogP contribution in [0.2, 0.25) is 0 Å². The number of aryl methyl sites for hydroxylation is 1. The summed E-state index contributed by atoms with van der Waals surface area (Å²) in [6, 6.07) is 1.86. The summed E-state index contributed by atoms with van der Waals surface area (Å²) in [6.07, 6.45) is 3.55. The zero-order valence-electron chi connectivity index (χ0n) is 11.8. The molecule has 0 saturated heterocycles. The van der Waals surface area contributed by atoms with Crippen molar-refractivity contribution >= 4 is 11.0 Å². The second-order valence-corrected chi connectivity index (χ2v) is 3.94. The SMILES string of the molecule is CC.Cc1ncc2c(-c3ccn(CCO)n3)[nH]nc2n1. The van der Waals surface area contributed by atoms with Gasteiger partial charge in [-0.1, -0.05) is 13.8 Å². The van der Waals surface area contributed by atoms with Crippen LogP contribution in [0.3, 0.4) is 0 Å². The smallest absolute Gasteiger partial charge is 0.184 e. The summed E-state index contributed by atoms with van der Waals surface area (Å²) >= 11 is 0. The van der Waals surface area contributed by atoms with Gasteiger partial charge in [-0.15, -0.1) is 0 Å². The molecule has 0 saturated carbocycles. The molecule has 0 aliphatic carbocycles. The molecule has 106 valence electrons. The molecule has 3 heterocycles. The van der Waals surface area contributed by atoms with E-state index in [4.69, 9.17) is 5.11 Å². The number of hydrogen-bond acceptors (Lipinski definition) is 5. The highest BCUT2D eigenvalue weighted by Gasteiger charge is 2.11. The largest absolute Gasteiger partial charge is 0.394 e. The summed E-state index contributed by atoms with van der Waals surface area (Å²) in [7, 11) is 0. The van der Waals surface area contributed by atoms with E-state index in [2.05, 4.69) is 25.3 Å². The van der Waals surface area contributed by atoms with Gasteiger partial charge in [-0.2, -0.15) is 10.2 Å². The highest BCUT2D eigenvalue weighted by atomic mass is 16.3. The van der Waals surface area contributed by atoms with Crippen LogP contribution in [-0.2, 0) is 6.54 Å². The molecule has 0 atom stereocenters. The van der Waals surface area contributed by atoms with Crippen molar-refractivity contribution in [3.63, 3.8) is 0 Å². The Kier molecular flexibility index (Phi) is 4.41. The topological polar surface area (TPSA) is 92.5 Å². The lowest BCUT2D eigenvalue weighted by atomic mass is 10.2. The minimum atomic E-state index is 0.0626. The lowest BCUT2D eigenvalue weighted by Crippen LogP contribution is -2.02. The molecule has 20 heavy (non-hydrogen) atoms. The number of fused-ring (bicyclic) bond motifs is 1. The normalized spacial score (nSPS) is 10.4. The second-order valence-electron chi connectivity index (χ2n) is 3.94. The molecule has 0 spiro atoms. The van der Waals surface area contributed by atoms with Gasteiger partial charge in [0.05, 0.1) is 24.2 Å². The van der Waals surface area contributed by atoms with Crippen LogP contribution in [0.5, 0.6) is 0 Å². The van der Waals surface area contributed by atoms with Gasteiger partial charge in [0.1, 0.15) is 11.5 Å².